The van der Waals surface area contributed by atoms with Gasteiger partial charge in [-0.3, -0.25) is 24.2 Å². The Morgan fingerprint density at radius 1 is 0.650 bits per heavy atom. The molecule has 13 nitrogen and oxygen atoms in total. The van der Waals surface area contributed by atoms with Gasteiger partial charge in [0.15, 0.2) is 0 Å². The average molecular weight is 822 g/mol. The number of carbonyl (C=O) groups is 4. The highest BCUT2D eigenvalue weighted by molar-refractivity contribution is 6.04. The molecule has 3 aliphatic heterocycles. The molecule has 0 bridgehead atoms. The number of imidazole rings is 1. The van der Waals surface area contributed by atoms with Crippen LogP contribution in [0.5, 0.6) is 0 Å². The minimum atomic E-state index is -1.18. The van der Waals surface area contributed by atoms with Crippen LogP contribution in [0.4, 0.5) is 0 Å². The number of hydrogen-bond acceptors (Lipinski definition) is 8. The number of amides is 4. The zero-order chi connectivity index (χ0) is 43.4. The van der Waals surface area contributed by atoms with E-state index < -0.39 is 36.1 Å². The van der Waals surface area contributed by atoms with Crippen LogP contribution in [0.1, 0.15) is 105 Å². The van der Waals surface area contributed by atoms with Crippen molar-refractivity contribution >= 4 is 34.9 Å². The van der Waals surface area contributed by atoms with Gasteiger partial charge in [0.1, 0.15) is 30.1 Å². The molecule has 3 aliphatic rings. The summed E-state index contributed by atoms with van der Waals surface area (Å²) in [5, 5.41) is 26.2. The lowest BCUT2D eigenvalue weighted by atomic mass is 9.95. The lowest BCUT2D eigenvalue weighted by Gasteiger charge is -2.32. The number of aliphatic hydroxyl groups excluding tert-OH is 2. The third-order valence-corrected chi connectivity index (χ3v) is 12.2. The summed E-state index contributed by atoms with van der Waals surface area (Å²) in [7, 11) is 0. The van der Waals surface area contributed by atoms with Crippen molar-refractivity contribution in [2.45, 2.75) is 124 Å². The summed E-state index contributed by atoms with van der Waals surface area (Å²) < 4.78 is 0. The molecule has 2 aromatic carbocycles. The predicted octanol–water partition coefficient (Wildman–Crippen LogP) is 5.90. The number of rotatable bonds is 15. The van der Waals surface area contributed by atoms with Crippen LogP contribution in [0.25, 0.3) is 28.0 Å². The highest BCUT2D eigenvalue weighted by Crippen LogP contribution is 2.35. The lowest BCUT2D eigenvalue weighted by Crippen LogP contribution is -2.55. The maximum absolute atomic E-state index is 13.8. The Morgan fingerprint density at radius 2 is 1.10 bits per heavy atom. The Kier molecular flexibility index (Phi) is 14.1. The molecule has 6 rings (SSSR count). The van der Waals surface area contributed by atoms with Gasteiger partial charge in [0.2, 0.25) is 23.6 Å². The second kappa shape index (κ2) is 19.1. The zero-order valence-electron chi connectivity index (χ0n) is 36.3. The van der Waals surface area contributed by atoms with Gasteiger partial charge in [-0.05, 0) is 77.2 Å². The van der Waals surface area contributed by atoms with Crippen LogP contribution in [0.3, 0.4) is 0 Å². The van der Waals surface area contributed by atoms with Gasteiger partial charge in [0, 0.05) is 31.4 Å². The molecule has 4 amide bonds. The van der Waals surface area contributed by atoms with E-state index in [9.17, 15) is 29.4 Å². The van der Waals surface area contributed by atoms with E-state index in [0.717, 1.165) is 64.9 Å². The highest BCUT2D eigenvalue weighted by atomic mass is 16.3. The predicted molar refractivity (Wildman–Crippen MR) is 233 cm³/mol. The van der Waals surface area contributed by atoms with Gasteiger partial charge in [0.25, 0.3) is 0 Å². The van der Waals surface area contributed by atoms with E-state index in [1.54, 1.807) is 38.8 Å². The number of aliphatic imine (C=N–C) groups is 1. The Hall–Kier alpha value is -5.14. The molecule has 2 fully saturated rings. The van der Waals surface area contributed by atoms with Gasteiger partial charge >= 0.3 is 0 Å². The average Bonchev–Trinajstić information content (AvgIpc) is 4.07. The molecule has 4 heterocycles. The normalized spacial score (nSPS) is 20.1. The first-order valence-electron chi connectivity index (χ1n) is 21.6. The number of benzene rings is 2. The van der Waals surface area contributed by atoms with Crippen LogP contribution in [0.2, 0.25) is 0 Å². The fraction of sp³-hybridized carbons (Fsp3) is 0.532. The number of aromatic amines is 1. The molecule has 3 aromatic rings. The summed E-state index contributed by atoms with van der Waals surface area (Å²) in [4.78, 5) is 69.6. The van der Waals surface area contributed by atoms with Crippen molar-refractivity contribution in [1.82, 2.24) is 30.4 Å². The summed E-state index contributed by atoms with van der Waals surface area (Å²) in [6.45, 7) is 15.8. The summed E-state index contributed by atoms with van der Waals surface area (Å²) in [5.74, 6) is -1.45. The molecular weight excluding hydrogens is 759 g/mol. The van der Waals surface area contributed by atoms with E-state index in [0.29, 0.717) is 25.3 Å². The first-order valence-corrected chi connectivity index (χ1v) is 21.6. The van der Waals surface area contributed by atoms with Crippen LogP contribution in [-0.2, 0) is 19.2 Å². The summed E-state index contributed by atoms with van der Waals surface area (Å²) >= 11 is 0. The smallest absolute Gasteiger partial charge is 0.249 e. The molecule has 0 saturated carbocycles. The van der Waals surface area contributed by atoms with Crippen LogP contribution in [0.15, 0.2) is 65.9 Å². The number of aromatic nitrogens is 2. The SMILES string of the molecule is CC(C)[C@H](NC(=O)[C@H](O)C(C)C)C(=O)N1CCCC1c1ncc(-c2ccc(-c3ccc(C4=CN=C([C@@H]5CCCN5C(=O)[C@@H](NC(=O)[C@H](O)C(C)C)C(C)C)C4)cc3)cc2)[nH]1. The van der Waals surface area contributed by atoms with Gasteiger partial charge in [0.05, 0.1) is 24.0 Å². The number of carbonyl (C=O) groups excluding carboxylic acids is 4. The number of likely N-dealkylation sites (tertiary alicyclic amines) is 2. The third kappa shape index (κ3) is 9.73. The van der Waals surface area contributed by atoms with Crippen molar-refractivity contribution in [2.24, 2.45) is 28.7 Å². The van der Waals surface area contributed by atoms with Crippen LogP contribution < -0.4 is 10.6 Å². The summed E-state index contributed by atoms with van der Waals surface area (Å²) in [6.07, 6.45) is 5.25. The number of aliphatic hydroxyl groups is 2. The van der Waals surface area contributed by atoms with Crippen LogP contribution in [-0.4, -0.2) is 103 Å². The maximum atomic E-state index is 13.8. The Balaban J connectivity index is 1.06. The molecule has 0 aliphatic carbocycles. The monoisotopic (exact) mass is 821 g/mol. The standard InChI is InChI=1S/C47H63N7O6/c1-26(2)39(51-44(57)41(55)28(5)6)46(59)53-21-9-11-37(53)35-23-34(24-48-35)32-15-13-30(14-16-32)31-17-19-33(20-18-31)36-25-49-43(50-36)38-12-10-22-54(38)47(60)40(27(3)4)52-45(58)42(56)29(7)8/h13-20,24-29,37-42,55-56H,9-12,21-23H2,1-8H3,(H,49,50)(H,51,57)(H,52,58)/t37-,38?,39-,40-,41+,42+/m0/s1. The molecule has 5 N–H and O–H groups in total. The van der Waals surface area contributed by atoms with Crippen molar-refractivity contribution in [1.29, 1.82) is 0 Å². The van der Waals surface area contributed by atoms with Crippen LogP contribution in [0, 0.1) is 23.7 Å². The number of allylic oxidation sites excluding steroid dienone is 1. The van der Waals surface area contributed by atoms with Crippen molar-refractivity contribution in [2.75, 3.05) is 13.1 Å². The molecule has 2 saturated heterocycles. The molecule has 6 atom stereocenters. The zero-order valence-corrected chi connectivity index (χ0v) is 36.3. The van der Waals surface area contributed by atoms with E-state index in [1.807, 2.05) is 38.8 Å². The first-order chi connectivity index (χ1) is 28.5. The maximum Gasteiger partial charge on any atom is 0.249 e. The number of hydrogen-bond donors (Lipinski definition) is 5. The van der Waals surface area contributed by atoms with Crippen molar-refractivity contribution in [3.63, 3.8) is 0 Å². The van der Waals surface area contributed by atoms with E-state index in [1.165, 1.54) is 0 Å². The van der Waals surface area contributed by atoms with Gasteiger partial charge < -0.3 is 35.6 Å². The highest BCUT2D eigenvalue weighted by Gasteiger charge is 2.40. The second-order valence-electron chi connectivity index (χ2n) is 18.0. The number of H-pyrrole nitrogens is 1. The Bertz CT molecular complexity index is 2070. The first kappa shape index (κ1) is 44.4. The fourth-order valence-corrected chi connectivity index (χ4v) is 8.36. The molecule has 0 spiro atoms. The molecule has 0 radical (unpaired) electrons. The van der Waals surface area contributed by atoms with E-state index >= 15 is 0 Å². The van der Waals surface area contributed by atoms with Gasteiger partial charge in [-0.25, -0.2) is 4.98 Å². The van der Waals surface area contributed by atoms with Gasteiger partial charge in [-0.15, -0.1) is 0 Å². The molecule has 322 valence electrons. The Morgan fingerprint density at radius 3 is 1.58 bits per heavy atom. The molecular formula is C47H63N7O6. The summed E-state index contributed by atoms with van der Waals surface area (Å²) in [5.41, 5.74) is 7.06. The topological polar surface area (TPSA) is 180 Å². The van der Waals surface area contributed by atoms with Crippen molar-refractivity contribution in [3.05, 3.63) is 72.3 Å². The van der Waals surface area contributed by atoms with Crippen molar-refractivity contribution < 1.29 is 29.4 Å². The fourth-order valence-electron chi connectivity index (χ4n) is 8.36. The second-order valence-corrected chi connectivity index (χ2v) is 18.0. The Labute approximate surface area is 354 Å². The quantitative estimate of drug-likeness (QED) is 0.127. The van der Waals surface area contributed by atoms with E-state index in [2.05, 4.69) is 64.1 Å². The molecule has 1 unspecified atom stereocenters. The number of nitrogens with zero attached hydrogens (tertiary/aromatic N) is 4. The summed E-state index contributed by atoms with van der Waals surface area (Å²) in [6, 6.07) is 14.8. The van der Waals surface area contributed by atoms with E-state index in [4.69, 9.17) is 9.98 Å². The number of nitrogens with one attached hydrogen (secondary N) is 3. The third-order valence-electron chi connectivity index (χ3n) is 12.2. The minimum Gasteiger partial charge on any atom is -0.383 e. The largest absolute Gasteiger partial charge is 0.383 e. The van der Waals surface area contributed by atoms with E-state index in [-0.39, 0.29) is 47.6 Å². The molecule has 13 heteroatoms. The lowest BCUT2D eigenvalue weighted by molar-refractivity contribution is -0.141. The molecule has 1 aromatic heterocycles. The minimum absolute atomic E-state index is 0.133. The van der Waals surface area contributed by atoms with Crippen LogP contribution >= 0.6 is 0 Å². The van der Waals surface area contributed by atoms with Gasteiger partial charge in [-0.2, -0.15) is 0 Å². The van der Waals surface area contributed by atoms with Gasteiger partial charge in [-0.1, -0.05) is 104 Å². The van der Waals surface area contributed by atoms with Crippen molar-refractivity contribution in [3.8, 4) is 22.4 Å². The molecule has 60 heavy (non-hydrogen) atoms.